The second kappa shape index (κ2) is 13.3. The highest BCUT2D eigenvalue weighted by molar-refractivity contribution is 7.98. The van der Waals surface area contributed by atoms with Crippen molar-refractivity contribution in [2.45, 2.75) is 56.3 Å². The number of carboxylic acids is 2. The van der Waals surface area contributed by atoms with Crippen LogP contribution < -0.4 is 16.4 Å². The van der Waals surface area contributed by atoms with Crippen molar-refractivity contribution < 1.29 is 34.2 Å². The number of amides is 3. The molecule has 1 aromatic carbocycles. The molecule has 206 valence electrons. The molecule has 0 aliphatic carbocycles. The number of carbonyl (C=O) groups is 5. The van der Waals surface area contributed by atoms with Gasteiger partial charge >= 0.3 is 11.9 Å². The number of aliphatic carboxylic acids is 2. The molecule has 1 saturated heterocycles. The fourth-order valence-corrected chi connectivity index (χ4v) is 5.02. The van der Waals surface area contributed by atoms with E-state index in [1.54, 1.807) is 6.20 Å². The summed E-state index contributed by atoms with van der Waals surface area (Å²) in [5.41, 5.74) is 7.91. The van der Waals surface area contributed by atoms with Crippen molar-refractivity contribution in [3.05, 3.63) is 36.0 Å². The Hall–Kier alpha value is -3.58. The fourth-order valence-electron chi connectivity index (χ4n) is 4.55. The predicted molar refractivity (Wildman–Crippen MR) is 141 cm³/mol. The summed E-state index contributed by atoms with van der Waals surface area (Å²) < 4.78 is 0. The molecule has 3 amide bonds. The fraction of sp³-hybridized carbons (Fsp3) is 0.480. The van der Waals surface area contributed by atoms with Crippen molar-refractivity contribution in [3.63, 3.8) is 0 Å². The van der Waals surface area contributed by atoms with Crippen molar-refractivity contribution in [2.75, 3.05) is 18.6 Å². The Bertz CT molecular complexity index is 1190. The third-order valence-electron chi connectivity index (χ3n) is 6.51. The van der Waals surface area contributed by atoms with Gasteiger partial charge in [-0.25, -0.2) is 4.79 Å². The van der Waals surface area contributed by atoms with Crippen LogP contribution in [0, 0.1) is 0 Å². The van der Waals surface area contributed by atoms with Gasteiger partial charge in [-0.2, -0.15) is 11.8 Å². The first kappa shape index (κ1) is 29.0. The quantitative estimate of drug-likeness (QED) is 0.205. The highest BCUT2D eigenvalue weighted by Crippen LogP contribution is 2.20. The summed E-state index contributed by atoms with van der Waals surface area (Å²) >= 11 is 1.45. The Morgan fingerprint density at radius 3 is 2.53 bits per heavy atom. The minimum atomic E-state index is -1.48. The molecule has 38 heavy (non-hydrogen) atoms. The van der Waals surface area contributed by atoms with Crippen LogP contribution in [0.3, 0.4) is 0 Å². The van der Waals surface area contributed by atoms with E-state index in [2.05, 4.69) is 15.6 Å². The molecule has 2 aromatic rings. The molecule has 0 bridgehead atoms. The van der Waals surface area contributed by atoms with Crippen LogP contribution in [-0.4, -0.2) is 92.5 Å². The number of nitrogens with two attached hydrogens (primary N) is 1. The Morgan fingerprint density at radius 1 is 1.13 bits per heavy atom. The Labute approximate surface area is 223 Å². The van der Waals surface area contributed by atoms with E-state index in [0.717, 1.165) is 21.4 Å². The summed E-state index contributed by atoms with van der Waals surface area (Å²) in [5, 5.41) is 24.7. The molecule has 4 atom stereocenters. The maximum atomic E-state index is 13.2. The van der Waals surface area contributed by atoms with Crippen molar-refractivity contribution in [2.24, 2.45) is 5.73 Å². The molecule has 0 saturated carbocycles. The number of para-hydroxylation sites is 1. The van der Waals surface area contributed by atoms with Gasteiger partial charge in [-0.3, -0.25) is 19.2 Å². The number of carboxylic acid groups (broad SMARTS) is 2. The van der Waals surface area contributed by atoms with Gasteiger partial charge in [0.15, 0.2) is 0 Å². The van der Waals surface area contributed by atoms with Gasteiger partial charge in [0.05, 0.1) is 12.5 Å². The topological polar surface area (TPSA) is 195 Å². The van der Waals surface area contributed by atoms with E-state index >= 15 is 0 Å². The number of H-pyrrole nitrogens is 1. The molecule has 1 aliphatic heterocycles. The summed E-state index contributed by atoms with van der Waals surface area (Å²) in [4.78, 5) is 66.3. The van der Waals surface area contributed by atoms with E-state index < -0.39 is 60.2 Å². The lowest BCUT2D eigenvalue weighted by Crippen LogP contribution is -2.57. The van der Waals surface area contributed by atoms with Crippen LogP contribution in [0.5, 0.6) is 0 Å². The van der Waals surface area contributed by atoms with E-state index in [4.69, 9.17) is 5.73 Å². The third kappa shape index (κ3) is 7.25. The van der Waals surface area contributed by atoms with E-state index in [0.29, 0.717) is 12.2 Å². The SMILES string of the molecule is CSCCC(NC(=O)C(N)Cc1c[nH]c2ccccc12)C(=O)NC(CC(=O)O)C(=O)N1CCCC1C(=O)O. The molecule has 7 N–H and O–H groups in total. The monoisotopic (exact) mass is 547 g/mol. The molecular formula is C25H33N5O7S. The molecule has 12 nitrogen and oxygen atoms in total. The van der Waals surface area contributed by atoms with Crippen molar-refractivity contribution in [1.29, 1.82) is 0 Å². The number of nitrogens with zero attached hydrogens (tertiary/aromatic N) is 1. The molecule has 3 rings (SSSR count). The molecule has 13 heteroatoms. The summed E-state index contributed by atoms with van der Waals surface area (Å²) in [7, 11) is 0. The van der Waals surface area contributed by atoms with Crippen molar-refractivity contribution in [1.82, 2.24) is 20.5 Å². The number of hydrogen-bond acceptors (Lipinski definition) is 7. The van der Waals surface area contributed by atoms with Gasteiger partial charge in [0.2, 0.25) is 17.7 Å². The lowest BCUT2D eigenvalue weighted by molar-refractivity contribution is -0.150. The van der Waals surface area contributed by atoms with Crippen LogP contribution in [-0.2, 0) is 30.4 Å². The second-order valence-electron chi connectivity index (χ2n) is 9.20. The maximum absolute atomic E-state index is 13.2. The Kier molecular flexibility index (Phi) is 10.1. The number of nitrogens with one attached hydrogen (secondary N) is 3. The molecular weight excluding hydrogens is 514 g/mol. The van der Waals surface area contributed by atoms with Crippen molar-refractivity contribution in [3.8, 4) is 0 Å². The third-order valence-corrected chi connectivity index (χ3v) is 7.15. The maximum Gasteiger partial charge on any atom is 0.326 e. The first-order valence-corrected chi connectivity index (χ1v) is 13.7. The van der Waals surface area contributed by atoms with E-state index in [-0.39, 0.29) is 25.8 Å². The molecule has 4 unspecified atom stereocenters. The number of thioether (sulfide) groups is 1. The lowest BCUT2D eigenvalue weighted by atomic mass is 10.0. The summed E-state index contributed by atoms with van der Waals surface area (Å²) in [5.74, 6) is -4.11. The molecule has 0 spiro atoms. The van der Waals surface area contributed by atoms with Gasteiger partial charge in [-0.05, 0) is 49.3 Å². The smallest absolute Gasteiger partial charge is 0.326 e. The lowest BCUT2D eigenvalue weighted by Gasteiger charge is -2.28. The number of rotatable bonds is 13. The van der Waals surface area contributed by atoms with Gasteiger partial charge in [-0.1, -0.05) is 18.2 Å². The number of fused-ring (bicyclic) bond motifs is 1. The summed E-state index contributed by atoms with van der Waals surface area (Å²) in [6.07, 6.45) is 4.02. The second-order valence-corrected chi connectivity index (χ2v) is 10.2. The average Bonchev–Trinajstić information content (AvgIpc) is 3.53. The van der Waals surface area contributed by atoms with E-state index in [9.17, 15) is 34.2 Å². The van der Waals surface area contributed by atoms with Gasteiger partial charge in [0.1, 0.15) is 18.1 Å². The van der Waals surface area contributed by atoms with E-state index in [1.807, 2.05) is 30.5 Å². The molecule has 1 aromatic heterocycles. The Balaban J connectivity index is 1.70. The zero-order valence-electron chi connectivity index (χ0n) is 21.0. The molecule has 1 fully saturated rings. The Morgan fingerprint density at radius 2 is 1.84 bits per heavy atom. The highest BCUT2D eigenvalue weighted by Gasteiger charge is 2.39. The minimum Gasteiger partial charge on any atom is -0.481 e. The predicted octanol–water partition coefficient (Wildman–Crippen LogP) is 0.311. The van der Waals surface area contributed by atoms with Crippen LogP contribution in [0.2, 0.25) is 0 Å². The summed E-state index contributed by atoms with van der Waals surface area (Å²) in [6, 6.07) is 3.00. The number of hydrogen-bond donors (Lipinski definition) is 6. The number of benzene rings is 1. The largest absolute Gasteiger partial charge is 0.481 e. The standard InChI is InChI=1S/C25H33N5O7S/c1-38-10-8-18(28-22(33)16(26)11-14-13-27-17-6-3-2-5-15(14)17)23(34)29-19(12-21(31)32)24(35)30-9-4-7-20(30)25(36)37/h2-3,5-6,13,16,18-20,27H,4,7-12,26H2,1H3,(H,28,33)(H,29,34)(H,31,32)(H,36,37). The van der Waals surface area contributed by atoms with Crippen LogP contribution in [0.4, 0.5) is 0 Å². The molecule has 1 aliphatic rings. The summed E-state index contributed by atoms with van der Waals surface area (Å²) in [6.45, 7) is 0.150. The number of aromatic amines is 1. The first-order valence-electron chi connectivity index (χ1n) is 12.3. The minimum absolute atomic E-state index is 0.150. The van der Waals surface area contributed by atoms with Gasteiger partial charge in [0, 0.05) is 23.6 Å². The van der Waals surface area contributed by atoms with Crippen LogP contribution in [0.25, 0.3) is 10.9 Å². The highest BCUT2D eigenvalue weighted by atomic mass is 32.2. The van der Waals surface area contributed by atoms with E-state index in [1.165, 1.54) is 11.8 Å². The van der Waals surface area contributed by atoms with Crippen LogP contribution in [0.15, 0.2) is 30.5 Å². The van der Waals surface area contributed by atoms with Gasteiger partial charge < -0.3 is 36.5 Å². The number of likely N-dealkylation sites (tertiary alicyclic amines) is 1. The zero-order chi connectivity index (χ0) is 27.8. The normalized spacial score (nSPS) is 17.5. The van der Waals surface area contributed by atoms with Crippen LogP contribution >= 0.6 is 11.8 Å². The molecule has 0 radical (unpaired) electrons. The van der Waals surface area contributed by atoms with Gasteiger partial charge in [-0.15, -0.1) is 0 Å². The molecule has 2 heterocycles. The van der Waals surface area contributed by atoms with Crippen LogP contribution in [0.1, 0.15) is 31.2 Å². The first-order chi connectivity index (χ1) is 18.1. The number of carbonyl (C=O) groups excluding carboxylic acids is 3. The zero-order valence-corrected chi connectivity index (χ0v) is 21.8. The van der Waals surface area contributed by atoms with Crippen molar-refractivity contribution >= 4 is 52.3 Å². The average molecular weight is 548 g/mol. The number of aromatic nitrogens is 1. The van der Waals surface area contributed by atoms with Gasteiger partial charge in [0.25, 0.3) is 0 Å².